The van der Waals surface area contributed by atoms with Gasteiger partial charge in [-0.15, -0.1) is 16.8 Å². The second-order valence-corrected chi connectivity index (χ2v) is 9.87. The molecule has 3 rings (SSSR count). The van der Waals surface area contributed by atoms with E-state index in [0.717, 1.165) is 20.4 Å². The maximum absolute atomic E-state index is 12.6. The minimum absolute atomic E-state index is 0.128. The van der Waals surface area contributed by atoms with Gasteiger partial charge < -0.3 is 15.2 Å². The van der Waals surface area contributed by atoms with Gasteiger partial charge >= 0.3 is 0 Å². The highest BCUT2D eigenvalue weighted by molar-refractivity contribution is 14.1. The van der Waals surface area contributed by atoms with Gasteiger partial charge in [-0.3, -0.25) is 9.59 Å². The van der Waals surface area contributed by atoms with Gasteiger partial charge in [-0.2, -0.15) is 0 Å². The summed E-state index contributed by atoms with van der Waals surface area (Å²) in [6.45, 7) is 8.36. The van der Waals surface area contributed by atoms with Gasteiger partial charge in [0.1, 0.15) is 0 Å². The van der Waals surface area contributed by atoms with Crippen molar-refractivity contribution in [2.45, 2.75) is 32.1 Å². The van der Waals surface area contributed by atoms with E-state index in [1.54, 1.807) is 30.3 Å². The number of rotatable bonds is 9. The monoisotopic (exact) mass is 595 g/mol. The molecule has 10 heteroatoms. The molecule has 1 aromatic heterocycles. The third kappa shape index (κ3) is 6.81. The number of anilines is 1. The lowest BCUT2D eigenvalue weighted by molar-refractivity contribution is -0.113. The summed E-state index contributed by atoms with van der Waals surface area (Å²) in [5, 5.41) is 15.3. The predicted molar refractivity (Wildman–Crippen MR) is 141 cm³/mol. The topological polar surface area (TPSA) is 88.9 Å². The Bertz CT molecular complexity index is 1170. The largest absolute Gasteiger partial charge is 0.345 e. The molecule has 0 aliphatic carbocycles. The van der Waals surface area contributed by atoms with Crippen LogP contribution in [0, 0.1) is 17.4 Å². The van der Waals surface area contributed by atoms with Crippen LogP contribution < -0.4 is 10.6 Å². The number of halogens is 2. The molecular weight excluding hydrogens is 573 g/mol. The summed E-state index contributed by atoms with van der Waals surface area (Å²) in [6, 6.07) is 10.8. The highest BCUT2D eigenvalue weighted by atomic mass is 127. The first kappa shape index (κ1) is 25.3. The number of allylic oxidation sites excluding steroid dienone is 1. The van der Waals surface area contributed by atoms with Gasteiger partial charge in [-0.25, -0.2) is 0 Å². The smallest absolute Gasteiger partial charge is 0.251 e. The Morgan fingerprint density at radius 2 is 1.94 bits per heavy atom. The molecule has 0 unspecified atom stereocenters. The van der Waals surface area contributed by atoms with E-state index in [0.29, 0.717) is 28.1 Å². The van der Waals surface area contributed by atoms with Crippen LogP contribution in [0.5, 0.6) is 0 Å². The molecule has 0 aliphatic rings. The van der Waals surface area contributed by atoms with Gasteiger partial charge in [0, 0.05) is 26.4 Å². The van der Waals surface area contributed by atoms with Crippen molar-refractivity contribution in [3.05, 3.63) is 80.2 Å². The number of hydrogen-bond acceptors (Lipinski definition) is 5. The number of amides is 2. The number of benzene rings is 2. The van der Waals surface area contributed by atoms with Crippen LogP contribution in [0.15, 0.2) is 54.2 Å². The molecule has 2 N–H and O–H groups in total. The molecule has 0 atom stereocenters. The van der Waals surface area contributed by atoms with Gasteiger partial charge in [-0.1, -0.05) is 35.5 Å². The van der Waals surface area contributed by atoms with E-state index in [-0.39, 0.29) is 24.1 Å². The van der Waals surface area contributed by atoms with Crippen LogP contribution >= 0.6 is 46.0 Å². The molecular formula is C23H23ClIN5O2S. The number of aryl methyl sites for hydroxylation is 2. The van der Waals surface area contributed by atoms with Crippen LogP contribution in [0.2, 0.25) is 5.02 Å². The van der Waals surface area contributed by atoms with Crippen molar-refractivity contribution in [3.8, 4) is 0 Å². The summed E-state index contributed by atoms with van der Waals surface area (Å²) >= 11 is 9.50. The molecule has 2 amide bonds. The predicted octanol–water partition coefficient (Wildman–Crippen LogP) is 5.00. The van der Waals surface area contributed by atoms with E-state index >= 15 is 0 Å². The van der Waals surface area contributed by atoms with Crippen molar-refractivity contribution in [1.29, 1.82) is 0 Å². The quantitative estimate of drug-likeness (QED) is 0.207. The second kappa shape index (κ2) is 11.7. The number of nitrogens with zero attached hydrogens (tertiary/aromatic N) is 3. The number of nitrogens with one attached hydrogen (secondary N) is 2. The number of hydrogen-bond donors (Lipinski definition) is 2. The van der Waals surface area contributed by atoms with Crippen molar-refractivity contribution in [1.82, 2.24) is 20.1 Å². The Kier molecular flexibility index (Phi) is 8.93. The standard InChI is InChI=1S/C23H23ClIN5O2S/c1-4-8-30-19(12-26-22(32)16-6-5-7-17(24)11-16)28-29-23(30)33-13-20(31)27-21-14(2)9-18(25)10-15(21)3/h4-7,9-11H,1,8,12-13H2,2-3H3,(H,26,32)(H,27,31). The van der Waals surface area contributed by atoms with E-state index in [1.165, 1.54) is 11.8 Å². The number of thioether (sulfide) groups is 1. The first-order valence-electron chi connectivity index (χ1n) is 10.0. The number of carbonyl (C=O) groups is 2. The summed E-state index contributed by atoms with van der Waals surface area (Å²) in [6.07, 6.45) is 1.72. The van der Waals surface area contributed by atoms with E-state index in [2.05, 4.69) is 50.0 Å². The van der Waals surface area contributed by atoms with Gasteiger partial charge in [0.25, 0.3) is 5.91 Å². The highest BCUT2D eigenvalue weighted by Crippen LogP contribution is 2.24. The Morgan fingerprint density at radius 1 is 1.21 bits per heavy atom. The van der Waals surface area contributed by atoms with Crippen LogP contribution in [0.3, 0.4) is 0 Å². The van der Waals surface area contributed by atoms with Crippen molar-refractivity contribution in [2.75, 3.05) is 11.1 Å². The van der Waals surface area contributed by atoms with Crippen molar-refractivity contribution in [3.63, 3.8) is 0 Å². The van der Waals surface area contributed by atoms with Crippen LogP contribution in [-0.2, 0) is 17.9 Å². The molecule has 0 spiro atoms. The zero-order valence-corrected chi connectivity index (χ0v) is 21.9. The molecule has 0 saturated carbocycles. The van der Waals surface area contributed by atoms with Crippen molar-refractivity contribution in [2.24, 2.45) is 0 Å². The summed E-state index contributed by atoms with van der Waals surface area (Å²) in [7, 11) is 0. The molecule has 172 valence electrons. The van der Waals surface area contributed by atoms with Crippen LogP contribution in [-0.4, -0.2) is 32.3 Å². The van der Waals surface area contributed by atoms with E-state index in [9.17, 15) is 9.59 Å². The lowest BCUT2D eigenvalue weighted by Gasteiger charge is -2.12. The van der Waals surface area contributed by atoms with Gasteiger partial charge in [0.15, 0.2) is 11.0 Å². The molecule has 0 aliphatic heterocycles. The first-order chi connectivity index (χ1) is 15.8. The molecule has 0 fully saturated rings. The van der Waals surface area contributed by atoms with Gasteiger partial charge in [0.05, 0.1) is 12.3 Å². The zero-order chi connectivity index (χ0) is 24.0. The van der Waals surface area contributed by atoms with E-state index in [4.69, 9.17) is 11.6 Å². The molecule has 33 heavy (non-hydrogen) atoms. The van der Waals surface area contributed by atoms with Crippen LogP contribution in [0.1, 0.15) is 27.3 Å². The average molecular weight is 596 g/mol. The Morgan fingerprint density at radius 3 is 2.61 bits per heavy atom. The fourth-order valence-electron chi connectivity index (χ4n) is 3.17. The average Bonchev–Trinajstić information content (AvgIpc) is 3.15. The third-order valence-corrected chi connectivity index (χ3v) is 6.52. The number of aromatic nitrogens is 3. The van der Waals surface area contributed by atoms with Crippen molar-refractivity contribution < 1.29 is 9.59 Å². The molecule has 0 saturated heterocycles. The first-order valence-corrected chi connectivity index (χ1v) is 12.5. The summed E-state index contributed by atoms with van der Waals surface area (Å²) in [4.78, 5) is 25.0. The Labute approximate surface area is 215 Å². The maximum atomic E-state index is 12.6. The second-order valence-electron chi connectivity index (χ2n) is 7.24. The zero-order valence-electron chi connectivity index (χ0n) is 18.2. The van der Waals surface area contributed by atoms with Gasteiger partial charge in [-0.05, 0) is 77.9 Å². The minimum atomic E-state index is -0.262. The van der Waals surface area contributed by atoms with Crippen LogP contribution in [0.25, 0.3) is 0 Å². The highest BCUT2D eigenvalue weighted by Gasteiger charge is 2.16. The summed E-state index contributed by atoms with van der Waals surface area (Å²) in [5.74, 6) is 0.353. The van der Waals surface area contributed by atoms with E-state index < -0.39 is 0 Å². The lowest BCUT2D eigenvalue weighted by atomic mass is 10.1. The molecule has 0 radical (unpaired) electrons. The fourth-order valence-corrected chi connectivity index (χ4v) is 5.06. The molecule has 0 bridgehead atoms. The maximum Gasteiger partial charge on any atom is 0.251 e. The molecule has 3 aromatic rings. The molecule has 1 heterocycles. The fraction of sp³-hybridized carbons (Fsp3) is 0.217. The third-order valence-electron chi connectivity index (χ3n) is 4.69. The molecule has 2 aromatic carbocycles. The lowest BCUT2D eigenvalue weighted by Crippen LogP contribution is -2.25. The Balaban J connectivity index is 1.64. The van der Waals surface area contributed by atoms with Crippen molar-refractivity contribution >= 4 is 63.5 Å². The minimum Gasteiger partial charge on any atom is -0.345 e. The normalized spacial score (nSPS) is 10.7. The van der Waals surface area contributed by atoms with Crippen LogP contribution in [0.4, 0.5) is 5.69 Å². The summed E-state index contributed by atoms with van der Waals surface area (Å²) < 4.78 is 2.95. The summed E-state index contributed by atoms with van der Waals surface area (Å²) in [5.41, 5.74) is 3.33. The SMILES string of the molecule is C=CCn1c(CNC(=O)c2cccc(Cl)c2)nnc1SCC(=O)Nc1c(C)cc(I)cc1C. The Hall–Kier alpha value is -2.37. The van der Waals surface area contributed by atoms with Gasteiger partial charge in [0.2, 0.25) is 5.91 Å². The molecule has 7 nitrogen and oxygen atoms in total. The number of carbonyl (C=O) groups excluding carboxylic acids is 2. The van der Waals surface area contributed by atoms with E-state index in [1.807, 2.05) is 30.5 Å².